The van der Waals surface area contributed by atoms with Gasteiger partial charge in [0.15, 0.2) is 11.6 Å². The van der Waals surface area contributed by atoms with Crippen molar-refractivity contribution in [2.75, 3.05) is 31.1 Å². The van der Waals surface area contributed by atoms with Gasteiger partial charge in [0, 0.05) is 48.0 Å². The molecule has 0 saturated carbocycles. The van der Waals surface area contributed by atoms with Gasteiger partial charge in [0.05, 0.1) is 6.26 Å². The summed E-state index contributed by atoms with van der Waals surface area (Å²) in [5, 5.41) is 0.685. The number of halogens is 1. The molecule has 0 N–H and O–H groups in total. The molecule has 6 nitrogen and oxygen atoms in total. The lowest BCUT2D eigenvalue weighted by Gasteiger charge is -2.36. The average Bonchev–Trinajstić information content (AvgIpc) is 3.25. The van der Waals surface area contributed by atoms with Crippen LogP contribution in [0.1, 0.15) is 21.8 Å². The van der Waals surface area contributed by atoms with Crippen LogP contribution >= 0.6 is 11.6 Å². The van der Waals surface area contributed by atoms with Crippen molar-refractivity contribution in [2.45, 2.75) is 13.8 Å². The lowest BCUT2D eigenvalue weighted by molar-refractivity contribution is 0.0714. The van der Waals surface area contributed by atoms with E-state index in [0.717, 1.165) is 22.6 Å². The van der Waals surface area contributed by atoms with E-state index < -0.39 is 0 Å². The van der Waals surface area contributed by atoms with Crippen LogP contribution in [0.5, 0.6) is 0 Å². The highest BCUT2D eigenvalue weighted by atomic mass is 35.5. The van der Waals surface area contributed by atoms with Gasteiger partial charge in [-0.2, -0.15) is 0 Å². The highest BCUT2D eigenvalue weighted by molar-refractivity contribution is 6.30. The van der Waals surface area contributed by atoms with Crippen LogP contribution < -0.4 is 4.90 Å². The molecule has 1 fully saturated rings. The zero-order valence-electron chi connectivity index (χ0n) is 15.9. The summed E-state index contributed by atoms with van der Waals surface area (Å²) in [6.07, 6.45) is 1.52. The van der Waals surface area contributed by atoms with E-state index in [4.69, 9.17) is 21.0 Å². The third-order valence-electron chi connectivity index (χ3n) is 5.06. The molecule has 0 bridgehead atoms. The smallest absolute Gasteiger partial charge is 0.289 e. The van der Waals surface area contributed by atoms with Gasteiger partial charge in [-0.25, -0.2) is 9.97 Å². The van der Waals surface area contributed by atoms with Crippen LogP contribution in [-0.2, 0) is 0 Å². The number of piperazine rings is 1. The van der Waals surface area contributed by atoms with Crippen molar-refractivity contribution in [1.82, 2.24) is 14.9 Å². The molecule has 3 aromatic rings. The molecule has 7 heteroatoms. The van der Waals surface area contributed by atoms with E-state index in [2.05, 4.69) is 9.88 Å². The fraction of sp³-hybridized carbons (Fsp3) is 0.286. The SMILES string of the molecule is Cc1nc(-c2ccc(Cl)cc2)nc(N2CCN(C(=O)c3ccco3)CC2)c1C. The van der Waals surface area contributed by atoms with Crippen LogP contribution in [0.4, 0.5) is 5.82 Å². The number of furan rings is 1. The maximum absolute atomic E-state index is 12.5. The molecule has 0 aliphatic carbocycles. The second kappa shape index (κ2) is 7.64. The number of nitrogens with zero attached hydrogens (tertiary/aromatic N) is 4. The lowest BCUT2D eigenvalue weighted by atomic mass is 10.1. The van der Waals surface area contributed by atoms with Crippen molar-refractivity contribution in [2.24, 2.45) is 0 Å². The van der Waals surface area contributed by atoms with Crippen molar-refractivity contribution in [1.29, 1.82) is 0 Å². The number of hydrogen-bond acceptors (Lipinski definition) is 5. The number of amides is 1. The Balaban J connectivity index is 1.55. The van der Waals surface area contributed by atoms with Crippen molar-refractivity contribution >= 4 is 23.3 Å². The molecule has 4 rings (SSSR count). The molecule has 1 amide bonds. The zero-order chi connectivity index (χ0) is 19.7. The molecule has 1 aliphatic heterocycles. The molecule has 2 aromatic heterocycles. The molecule has 0 radical (unpaired) electrons. The Hall–Kier alpha value is -2.86. The van der Waals surface area contributed by atoms with Gasteiger partial charge in [-0.3, -0.25) is 4.79 Å². The normalized spacial score (nSPS) is 14.4. The predicted octanol–water partition coefficient (Wildman–Crippen LogP) is 3.97. The number of benzene rings is 1. The fourth-order valence-electron chi connectivity index (χ4n) is 3.33. The van der Waals surface area contributed by atoms with Gasteiger partial charge >= 0.3 is 0 Å². The number of aromatic nitrogens is 2. The van der Waals surface area contributed by atoms with E-state index in [9.17, 15) is 4.79 Å². The van der Waals surface area contributed by atoms with E-state index in [0.29, 0.717) is 42.8 Å². The van der Waals surface area contributed by atoms with E-state index in [-0.39, 0.29) is 5.91 Å². The van der Waals surface area contributed by atoms with E-state index >= 15 is 0 Å². The molecular weight excluding hydrogens is 376 g/mol. The molecule has 0 unspecified atom stereocenters. The third-order valence-corrected chi connectivity index (χ3v) is 5.32. The lowest BCUT2D eigenvalue weighted by Crippen LogP contribution is -2.49. The monoisotopic (exact) mass is 396 g/mol. The van der Waals surface area contributed by atoms with Crippen molar-refractivity contribution in [3.05, 3.63) is 64.7 Å². The quantitative estimate of drug-likeness (QED) is 0.670. The van der Waals surface area contributed by atoms with Crippen LogP contribution in [0.25, 0.3) is 11.4 Å². The van der Waals surface area contributed by atoms with E-state index in [1.54, 1.807) is 12.1 Å². The maximum atomic E-state index is 12.5. The first-order valence-corrected chi connectivity index (χ1v) is 9.59. The van der Waals surface area contributed by atoms with Crippen LogP contribution in [-0.4, -0.2) is 47.0 Å². The highest BCUT2D eigenvalue weighted by Crippen LogP contribution is 2.26. The summed E-state index contributed by atoms with van der Waals surface area (Å²) in [6.45, 7) is 6.71. The minimum Gasteiger partial charge on any atom is -0.459 e. The minimum atomic E-state index is -0.0675. The minimum absolute atomic E-state index is 0.0675. The second-order valence-corrected chi connectivity index (χ2v) is 7.28. The standard InChI is InChI=1S/C21H21ClN4O2/c1-14-15(2)23-19(16-5-7-17(22)8-6-16)24-20(14)25-9-11-26(12-10-25)21(27)18-4-3-13-28-18/h3-8,13H,9-12H2,1-2H3. The first-order chi connectivity index (χ1) is 13.5. The van der Waals surface area contributed by atoms with Crippen molar-refractivity contribution in [3.63, 3.8) is 0 Å². The molecule has 1 saturated heterocycles. The Labute approximate surface area is 168 Å². The summed E-state index contributed by atoms with van der Waals surface area (Å²) in [7, 11) is 0. The summed E-state index contributed by atoms with van der Waals surface area (Å²) in [5.74, 6) is 1.92. The van der Waals surface area contributed by atoms with Gasteiger partial charge in [0.25, 0.3) is 5.91 Å². The number of carbonyl (C=O) groups is 1. The van der Waals surface area contributed by atoms with Gasteiger partial charge < -0.3 is 14.2 Å². The Kier molecular flexibility index (Phi) is 5.05. The van der Waals surface area contributed by atoms with Gasteiger partial charge in [-0.05, 0) is 50.2 Å². The summed E-state index contributed by atoms with van der Waals surface area (Å²) in [5.41, 5.74) is 2.94. The number of rotatable bonds is 3. The maximum Gasteiger partial charge on any atom is 0.289 e. The first kappa shape index (κ1) is 18.5. The Morgan fingerprint density at radius 3 is 2.39 bits per heavy atom. The molecule has 28 heavy (non-hydrogen) atoms. The van der Waals surface area contributed by atoms with Crippen LogP contribution in [0.15, 0.2) is 47.1 Å². The van der Waals surface area contributed by atoms with Crippen LogP contribution in [0.3, 0.4) is 0 Å². The summed E-state index contributed by atoms with van der Waals surface area (Å²) in [6, 6.07) is 11.0. The second-order valence-electron chi connectivity index (χ2n) is 6.84. The number of aryl methyl sites for hydroxylation is 1. The van der Waals surface area contributed by atoms with Gasteiger partial charge in [-0.15, -0.1) is 0 Å². The van der Waals surface area contributed by atoms with Crippen molar-refractivity contribution < 1.29 is 9.21 Å². The highest BCUT2D eigenvalue weighted by Gasteiger charge is 2.26. The average molecular weight is 397 g/mol. The summed E-state index contributed by atoms with van der Waals surface area (Å²) in [4.78, 5) is 26.0. The Morgan fingerprint density at radius 2 is 1.75 bits per heavy atom. The van der Waals surface area contributed by atoms with E-state index in [1.165, 1.54) is 6.26 Å². The molecule has 1 aromatic carbocycles. The molecule has 144 valence electrons. The van der Waals surface area contributed by atoms with Gasteiger partial charge in [-0.1, -0.05) is 11.6 Å². The number of hydrogen-bond donors (Lipinski definition) is 0. The van der Waals surface area contributed by atoms with Crippen molar-refractivity contribution in [3.8, 4) is 11.4 Å². The molecule has 0 atom stereocenters. The molecule has 1 aliphatic rings. The third kappa shape index (κ3) is 3.60. The van der Waals surface area contributed by atoms with Crippen LogP contribution in [0, 0.1) is 13.8 Å². The molecule has 3 heterocycles. The van der Waals surface area contributed by atoms with Gasteiger partial charge in [0.1, 0.15) is 5.82 Å². The molecular formula is C21H21ClN4O2. The zero-order valence-corrected chi connectivity index (χ0v) is 16.6. The topological polar surface area (TPSA) is 62.5 Å². The summed E-state index contributed by atoms with van der Waals surface area (Å²) >= 11 is 6.00. The Morgan fingerprint density at radius 1 is 1.04 bits per heavy atom. The Bertz CT molecular complexity index is 978. The number of carbonyl (C=O) groups excluding carboxylic acids is 1. The molecule has 0 spiro atoms. The van der Waals surface area contributed by atoms with Crippen LogP contribution in [0.2, 0.25) is 5.02 Å². The summed E-state index contributed by atoms with van der Waals surface area (Å²) < 4.78 is 5.23. The largest absolute Gasteiger partial charge is 0.459 e. The fourth-order valence-corrected chi connectivity index (χ4v) is 3.45. The van der Waals surface area contributed by atoms with E-state index in [1.807, 2.05) is 43.0 Å². The first-order valence-electron chi connectivity index (χ1n) is 9.22. The number of anilines is 1. The predicted molar refractivity (Wildman–Crippen MR) is 109 cm³/mol. The van der Waals surface area contributed by atoms with Gasteiger partial charge in [0.2, 0.25) is 0 Å².